The lowest BCUT2D eigenvalue weighted by atomic mass is 10.0. The summed E-state index contributed by atoms with van der Waals surface area (Å²) in [6.07, 6.45) is -1.18. The number of aliphatic hydroxyl groups excluding tert-OH is 2. The van der Waals surface area contributed by atoms with Crippen LogP contribution in [0.1, 0.15) is 29.8 Å². The van der Waals surface area contributed by atoms with E-state index < -0.39 is 42.4 Å². The van der Waals surface area contributed by atoms with Crippen molar-refractivity contribution in [1.29, 1.82) is 0 Å². The number of ketones is 1. The number of carbonyl (C=O) groups excluding carboxylic acids is 2. The quantitative estimate of drug-likeness (QED) is 0.492. The van der Waals surface area contributed by atoms with E-state index in [-0.39, 0.29) is 29.4 Å². The molecule has 0 aromatic heterocycles. The van der Waals surface area contributed by atoms with Gasteiger partial charge in [0.05, 0.1) is 13.2 Å². The van der Waals surface area contributed by atoms with Crippen LogP contribution in [0.15, 0.2) is 24.3 Å². The van der Waals surface area contributed by atoms with Crippen molar-refractivity contribution in [1.82, 2.24) is 0 Å². The zero-order chi connectivity index (χ0) is 19.4. The largest absolute Gasteiger partial charge is 0.508 e. The molecule has 0 radical (unpaired) electrons. The van der Waals surface area contributed by atoms with Crippen molar-refractivity contribution in [2.45, 2.75) is 38.8 Å². The molecule has 4 N–H and O–H groups in total. The fourth-order valence-corrected chi connectivity index (χ4v) is 2.43. The number of hydrogen-bond acceptors (Lipinski definition) is 8. The van der Waals surface area contributed by atoms with Gasteiger partial charge in [0.2, 0.25) is 0 Å². The van der Waals surface area contributed by atoms with E-state index in [0.29, 0.717) is 0 Å². The van der Waals surface area contributed by atoms with E-state index in [1.165, 1.54) is 12.1 Å². The number of esters is 1. The minimum Gasteiger partial charge on any atom is -0.508 e. The number of phenolic OH excluding ortho intramolecular Hbond substituents is 2. The minimum absolute atomic E-state index is 0.146. The summed E-state index contributed by atoms with van der Waals surface area (Å²) in [4.78, 5) is 24.3. The predicted molar refractivity (Wildman–Crippen MR) is 89.6 cm³/mol. The Morgan fingerprint density at radius 3 is 2.50 bits per heavy atom. The average Bonchev–Trinajstić information content (AvgIpc) is 2.56. The number of carbonyl (C=O) groups is 2. The molecule has 0 saturated carbocycles. The molecular formula is C18H22O8. The fourth-order valence-electron chi connectivity index (χ4n) is 2.43. The van der Waals surface area contributed by atoms with Crippen LogP contribution in [0, 0.1) is 5.92 Å². The molecule has 1 aromatic rings. The topological polar surface area (TPSA) is 134 Å². The summed E-state index contributed by atoms with van der Waals surface area (Å²) >= 11 is 0. The summed E-state index contributed by atoms with van der Waals surface area (Å²) < 4.78 is 10.6. The second-order valence-corrected chi connectivity index (χ2v) is 6.26. The highest BCUT2D eigenvalue weighted by Crippen LogP contribution is 2.29. The summed E-state index contributed by atoms with van der Waals surface area (Å²) in [6, 6.07) is 2.23. The highest BCUT2D eigenvalue weighted by molar-refractivity contribution is 5.95. The molecule has 26 heavy (non-hydrogen) atoms. The van der Waals surface area contributed by atoms with Gasteiger partial charge < -0.3 is 29.9 Å². The molecule has 0 fully saturated rings. The maximum atomic E-state index is 12.4. The summed E-state index contributed by atoms with van der Waals surface area (Å²) in [5.41, 5.74) is -0.0121. The Morgan fingerprint density at radius 2 is 1.81 bits per heavy atom. The lowest BCUT2D eigenvalue weighted by Crippen LogP contribution is -2.36. The van der Waals surface area contributed by atoms with Crippen LogP contribution in [-0.2, 0) is 20.9 Å². The van der Waals surface area contributed by atoms with Crippen LogP contribution in [0.25, 0.3) is 0 Å². The lowest BCUT2D eigenvalue weighted by Gasteiger charge is -2.21. The Morgan fingerprint density at radius 1 is 1.12 bits per heavy atom. The van der Waals surface area contributed by atoms with Crippen molar-refractivity contribution < 1.29 is 39.5 Å². The van der Waals surface area contributed by atoms with Gasteiger partial charge >= 0.3 is 5.97 Å². The third-order valence-corrected chi connectivity index (χ3v) is 4.19. The fraction of sp³-hybridized carbons (Fsp3) is 0.444. The molecule has 8 heteroatoms. The van der Waals surface area contributed by atoms with Crippen LogP contribution in [0.4, 0.5) is 0 Å². The molecule has 1 aliphatic rings. The Balaban J connectivity index is 2.39. The summed E-state index contributed by atoms with van der Waals surface area (Å²) in [5, 5.41) is 39.4. The molecule has 0 saturated heterocycles. The van der Waals surface area contributed by atoms with Crippen LogP contribution >= 0.6 is 0 Å². The summed E-state index contributed by atoms with van der Waals surface area (Å²) in [7, 11) is 0. The number of aliphatic hydroxyl groups is 2. The van der Waals surface area contributed by atoms with Gasteiger partial charge in [0, 0.05) is 12.0 Å². The monoisotopic (exact) mass is 366 g/mol. The molecule has 0 aliphatic carbocycles. The van der Waals surface area contributed by atoms with Crippen LogP contribution in [0.3, 0.4) is 0 Å². The van der Waals surface area contributed by atoms with Crippen LogP contribution in [0.2, 0.25) is 0 Å². The van der Waals surface area contributed by atoms with E-state index in [1.54, 1.807) is 13.8 Å². The number of aromatic hydroxyl groups is 2. The number of fused-ring (bicyclic) bond motifs is 1. The average molecular weight is 366 g/mol. The standard InChI is InChI=1S/C18H22O8/c1-9-3-4-13(20)17(23)15(22)8-25-7-11-5-12(19)6-14(21)16(11)18(24)26-10(9)2/h3-6,9-10,15,17,19,21-23H,7-8H2,1-2H3/b4-3+/t9-,10+,15+,17+/m1/s1. The molecule has 1 aromatic carbocycles. The van der Waals surface area contributed by atoms with Crippen molar-refractivity contribution in [2.75, 3.05) is 6.61 Å². The third kappa shape index (κ3) is 4.60. The van der Waals surface area contributed by atoms with Crippen molar-refractivity contribution in [3.8, 4) is 11.5 Å². The number of benzene rings is 1. The van der Waals surface area contributed by atoms with Gasteiger partial charge in [-0.3, -0.25) is 4.79 Å². The Hall–Kier alpha value is -2.42. The molecule has 0 bridgehead atoms. The molecule has 142 valence electrons. The van der Waals surface area contributed by atoms with Gasteiger partial charge in [-0.2, -0.15) is 0 Å². The van der Waals surface area contributed by atoms with Gasteiger partial charge in [0.1, 0.15) is 35.4 Å². The van der Waals surface area contributed by atoms with Crippen molar-refractivity contribution in [3.05, 3.63) is 35.4 Å². The molecule has 2 rings (SSSR count). The number of rotatable bonds is 0. The number of cyclic esters (lactones) is 1. The lowest BCUT2D eigenvalue weighted by molar-refractivity contribution is -0.131. The summed E-state index contributed by atoms with van der Waals surface area (Å²) in [5.74, 6) is -2.61. The van der Waals surface area contributed by atoms with E-state index in [4.69, 9.17) is 9.47 Å². The molecule has 1 aliphatic heterocycles. The zero-order valence-corrected chi connectivity index (χ0v) is 14.5. The van der Waals surface area contributed by atoms with E-state index in [2.05, 4.69) is 0 Å². The molecule has 1 heterocycles. The Bertz CT molecular complexity index is 711. The SMILES string of the molecule is C[C@@H]1/C=C/C(=O)[C@H](O)[C@@H](O)COCc2cc(O)cc(O)c2C(=O)O[C@H]1C. The highest BCUT2D eigenvalue weighted by Gasteiger charge is 2.26. The van der Waals surface area contributed by atoms with Gasteiger partial charge in [-0.25, -0.2) is 4.79 Å². The maximum Gasteiger partial charge on any atom is 0.342 e. The van der Waals surface area contributed by atoms with Crippen molar-refractivity contribution in [3.63, 3.8) is 0 Å². The predicted octanol–water partition coefficient (Wildman–Crippen LogP) is 0.657. The van der Waals surface area contributed by atoms with E-state index in [0.717, 1.165) is 12.1 Å². The van der Waals surface area contributed by atoms with E-state index in [9.17, 15) is 30.0 Å². The first-order valence-electron chi connectivity index (χ1n) is 8.12. The molecule has 0 amide bonds. The third-order valence-electron chi connectivity index (χ3n) is 4.19. The first-order valence-corrected chi connectivity index (χ1v) is 8.12. The number of hydrogen-bond donors (Lipinski definition) is 4. The molecule has 4 atom stereocenters. The number of phenols is 2. The first-order chi connectivity index (χ1) is 12.2. The Kier molecular flexibility index (Phi) is 6.36. The van der Waals surface area contributed by atoms with Gasteiger partial charge in [0.15, 0.2) is 5.78 Å². The van der Waals surface area contributed by atoms with E-state index >= 15 is 0 Å². The second-order valence-electron chi connectivity index (χ2n) is 6.26. The van der Waals surface area contributed by atoms with Crippen molar-refractivity contribution in [2.24, 2.45) is 5.92 Å². The maximum absolute atomic E-state index is 12.4. The van der Waals surface area contributed by atoms with E-state index in [1.807, 2.05) is 0 Å². The van der Waals surface area contributed by atoms with Crippen LogP contribution in [-0.4, -0.2) is 57.1 Å². The zero-order valence-electron chi connectivity index (χ0n) is 14.5. The smallest absolute Gasteiger partial charge is 0.342 e. The normalized spacial score (nSPS) is 29.4. The van der Waals surface area contributed by atoms with Gasteiger partial charge in [0.25, 0.3) is 0 Å². The Labute approximate surface area is 150 Å². The highest BCUT2D eigenvalue weighted by atomic mass is 16.5. The van der Waals surface area contributed by atoms with Crippen LogP contribution < -0.4 is 0 Å². The second kappa shape index (κ2) is 8.31. The molecule has 0 unspecified atom stereocenters. The van der Waals surface area contributed by atoms with Gasteiger partial charge in [-0.05, 0) is 24.6 Å². The number of ether oxygens (including phenoxy) is 2. The minimum atomic E-state index is -1.66. The molecule has 8 nitrogen and oxygen atoms in total. The molecule has 0 spiro atoms. The van der Waals surface area contributed by atoms with Gasteiger partial charge in [-0.15, -0.1) is 0 Å². The van der Waals surface area contributed by atoms with Crippen molar-refractivity contribution >= 4 is 11.8 Å². The molecular weight excluding hydrogens is 344 g/mol. The first kappa shape index (κ1) is 19.9. The summed E-state index contributed by atoms with van der Waals surface area (Å²) in [6.45, 7) is 2.67. The van der Waals surface area contributed by atoms with Gasteiger partial charge in [-0.1, -0.05) is 13.0 Å². The van der Waals surface area contributed by atoms with Crippen LogP contribution in [0.5, 0.6) is 11.5 Å².